The maximum atomic E-state index is 12.2. The first-order valence-corrected chi connectivity index (χ1v) is 12.3. The number of hydrogen-bond acceptors (Lipinski definition) is 6. The average Bonchev–Trinajstić information content (AvgIpc) is 3.18. The molecule has 0 atom stereocenters. The van der Waals surface area contributed by atoms with Crippen LogP contribution in [-0.4, -0.2) is 35.2 Å². The summed E-state index contributed by atoms with van der Waals surface area (Å²) in [5.74, 6) is 1.37. The van der Waals surface area contributed by atoms with Crippen molar-refractivity contribution < 1.29 is 19.2 Å². The average molecular weight is 663 g/mol. The lowest BCUT2D eigenvalue weighted by Crippen LogP contribution is -2.36. The minimum atomic E-state index is -0.286. The van der Waals surface area contributed by atoms with Gasteiger partial charge in [-0.25, -0.2) is 9.99 Å². The minimum Gasteiger partial charge on any atom is -0.871 e. The van der Waals surface area contributed by atoms with Gasteiger partial charge in [-0.15, -0.1) is 5.10 Å². The van der Waals surface area contributed by atoms with Gasteiger partial charge in [0, 0.05) is 7.14 Å². The van der Waals surface area contributed by atoms with Crippen LogP contribution >= 0.6 is 56.9 Å². The van der Waals surface area contributed by atoms with Gasteiger partial charge in [-0.05, 0) is 106 Å². The summed E-state index contributed by atoms with van der Waals surface area (Å²) < 4.78 is 8.74. The zero-order valence-electron chi connectivity index (χ0n) is 16.7. The molecule has 162 valence electrons. The van der Waals surface area contributed by atoms with E-state index in [4.69, 9.17) is 4.74 Å². The molecule has 0 saturated carbocycles. The molecule has 0 aliphatic carbocycles. The third-order valence-corrected chi connectivity index (χ3v) is 6.60. The molecule has 1 amide bonds. The molecule has 31 heavy (non-hydrogen) atoms. The number of nitrogens with zero attached hydrogens (tertiary/aromatic N) is 3. The molecule has 0 unspecified atom stereocenters. The van der Waals surface area contributed by atoms with Gasteiger partial charge in [0.1, 0.15) is 5.75 Å². The Morgan fingerprint density at radius 3 is 2.77 bits per heavy atom. The fourth-order valence-electron chi connectivity index (χ4n) is 2.70. The van der Waals surface area contributed by atoms with Gasteiger partial charge in [-0.3, -0.25) is 4.79 Å². The van der Waals surface area contributed by atoms with Crippen LogP contribution in [0.15, 0.2) is 46.7 Å². The Bertz CT molecular complexity index is 1100. The van der Waals surface area contributed by atoms with Gasteiger partial charge in [-0.2, -0.15) is 5.10 Å². The molecule has 3 rings (SSSR count). The molecule has 0 aliphatic heterocycles. The summed E-state index contributed by atoms with van der Waals surface area (Å²) in [6.45, 7) is 2.71. The van der Waals surface area contributed by atoms with Crippen LogP contribution in [0.25, 0.3) is 11.4 Å². The predicted octanol–water partition coefficient (Wildman–Crippen LogP) is 2.92. The molecule has 0 aliphatic rings. The number of rotatable bonds is 8. The van der Waals surface area contributed by atoms with Gasteiger partial charge in [0.15, 0.2) is 0 Å². The second kappa shape index (κ2) is 11.1. The molecular weight excluding hydrogens is 644 g/mol. The van der Waals surface area contributed by atoms with E-state index in [0.29, 0.717) is 20.8 Å². The van der Waals surface area contributed by atoms with Crippen molar-refractivity contribution in [2.24, 2.45) is 5.10 Å². The number of carbonyl (C=O) groups is 1. The standard InChI is InChI=1S/C20H19I2N5O3S/c1-3-27-19(12-4-6-15(30-2)7-5-12)25-26-20(27)31-11-17(28)24-23-10-13-8-14(21)9-16(22)18(13)29/h4-10H,3,11H2,1-2H3,(H2,23,24,28,29). The number of ether oxygens (including phenoxy) is 1. The van der Waals surface area contributed by atoms with Crippen LogP contribution in [0, 0.1) is 7.14 Å². The first-order chi connectivity index (χ1) is 14.9. The van der Waals surface area contributed by atoms with E-state index in [1.165, 1.54) is 18.0 Å². The molecule has 0 bridgehead atoms. The van der Waals surface area contributed by atoms with Crippen molar-refractivity contribution in [2.45, 2.75) is 18.6 Å². The van der Waals surface area contributed by atoms with Crippen LogP contribution < -0.4 is 19.8 Å². The number of methoxy groups -OCH3 is 1. The molecule has 0 spiro atoms. The zero-order valence-corrected chi connectivity index (χ0v) is 21.8. The van der Waals surface area contributed by atoms with Crippen LogP contribution in [0.2, 0.25) is 0 Å². The van der Waals surface area contributed by atoms with Crippen molar-refractivity contribution in [2.75, 3.05) is 12.9 Å². The summed E-state index contributed by atoms with van der Waals surface area (Å²) >= 11 is 5.43. The number of nitrogens with one attached hydrogen (secondary N) is 2. The van der Waals surface area contributed by atoms with Crippen molar-refractivity contribution >= 4 is 69.1 Å². The van der Waals surface area contributed by atoms with E-state index in [0.717, 1.165) is 20.7 Å². The third kappa shape index (κ3) is 6.10. The highest BCUT2D eigenvalue weighted by Crippen LogP contribution is 2.23. The lowest BCUT2D eigenvalue weighted by Gasteiger charge is -2.12. The highest BCUT2D eigenvalue weighted by molar-refractivity contribution is 14.1. The normalized spacial score (nSPS) is 11.1. The number of hydrazone groups is 1. The molecule has 11 heteroatoms. The number of amides is 1. The Kier molecular flexibility index (Phi) is 8.54. The Balaban J connectivity index is 1.62. The van der Waals surface area contributed by atoms with E-state index < -0.39 is 0 Å². The minimum absolute atomic E-state index is 0.111. The first-order valence-electron chi connectivity index (χ1n) is 9.16. The van der Waals surface area contributed by atoms with Crippen molar-refractivity contribution in [1.29, 1.82) is 0 Å². The smallest absolute Gasteiger partial charge is 0.337 e. The van der Waals surface area contributed by atoms with Crippen molar-refractivity contribution in [3.63, 3.8) is 0 Å². The highest BCUT2D eigenvalue weighted by atomic mass is 127. The summed E-state index contributed by atoms with van der Waals surface area (Å²) in [6.07, 6.45) is 1.37. The number of benzene rings is 2. The summed E-state index contributed by atoms with van der Waals surface area (Å²) in [5, 5.41) is 24.1. The number of carbonyl (C=O) groups excluding carboxylic acids is 1. The van der Waals surface area contributed by atoms with Crippen LogP contribution in [0.4, 0.5) is 0 Å². The van der Waals surface area contributed by atoms with Crippen molar-refractivity contribution in [3.05, 3.63) is 49.1 Å². The van der Waals surface area contributed by atoms with Crippen molar-refractivity contribution in [3.8, 4) is 22.9 Å². The summed E-state index contributed by atoms with van der Waals surface area (Å²) in [4.78, 5) is 12.2. The number of halogens is 2. The molecule has 1 aromatic heterocycles. The van der Waals surface area contributed by atoms with E-state index in [2.05, 4.69) is 43.3 Å². The predicted molar refractivity (Wildman–Crippen MR) is 134 cm³/mol. The second-order valence-corrected chi connectivity index (χ2v) is 9.57. The summed E-state index contributed by atoms with van der Waals surface area (Å²) in [5.41, 5.74) is 3.86. The Morgan fingerprint density at radius 1 is 1.35 bits per heavy atom. The van der Waals surface area contributed by atoms with Crippen LogP contribution in [0.1, 0.15) is 12.5 Å². The molecular formula is C20H19I2N5O3S. The lowest BCUT2D eigenvalue weighted by atomic mass is 10.2. The second-order valence-electron chi connectivity index (χ2n) is 6.22. The van der Waals surface area contributed by atoms with E-state index in [1.54, 1.807) is 19.2 Å². The Hall–Kier alpha value is -1.87. The summed E-state index contributed by atoms with van der Waals surface area (Å²) in [7, 11) is 1.63. The number of H-pyrrole nitrogens is 1. The van der Waals surface area contributed by atoms with E-state index >= 15 is 0 Å². The Morgan fingerprint density at radius 2 is 2.10 bits per heavy atom. The van der Waals surface area contributed by atoms with Gasteiger partial charge >= 0.3 is 5.16 Å². The van der Waals surface area contributed by atoms with E-state index in [1.807, 2.05) is 58.3 Å². The molecule has 2 aromatic carbocycles. The number of thioether (sulfide) groups is 1. The van der Waals surface area contributed by atoms with Gasteiger partial charge in [0.05, 0.1) is 36.3 Å². The fraction of sp³-hybridized carbons (Fsp3) is 0.200. The largest absolute Gasteiger partial charge is 0.871 e. The first kappa shape index (κ1) is 23.8. The maximum Gasteiger partial charge on any atom is 0.337 e. The topological polar surface area (TPSA) is 106 Å². The quantitative estimate of drug-likeness (QED) is 0.127. The highest BCUT2D eigenvalue weighted by Gasteiger charge is 2.21. The number of aromatic nitrogens is 3. The number of aromatic amines is 1. The van der Waals surface area contributed by atoms with E-state index in [9.17, 15) is 9.90 Å². The monoisotopic (exact) mass is 663 g/mol. The molecule has 0 radical (unpaired) electrons. The van der Waals surface area contributed by atoms with Gasteiger partial charge < -0.3 is 9.84 Å². The van der Waals surface area contributed by atoms with Gasteiger partial charge in [0.2, 0.25) is 0 Å². The van der Waals surface area contributed by atoms with Gasteiger partial charge in [0.25, 0.3) is 11.7 Å². The molecule has 8 nitrogen and oxygen atoms in total. The molecule has 2 N–H and O–H groups in total. The molecule has 3 aromatic rings. The summed E-state index contributed by atoms with van der Waals surface area (Å²) in [6, 6.07) is 11.2. The maximum absolute atomic E-state index is 12.2. The van der Waals surface area contributed by atoms with Crippen LogP contribution in [0.3, 0.4) is 0 Å². The number of hydrogen-bond donors (Lipinski definition) is 2. The molecule has 0 saturated heterocycles. The van der Waals surface area contributed by atoms with Crippen LogP contribution in [-0.2, 0) is 11.3 Å². The van der Waals surface area contributed by atoms with E-state index in [-0.39, 0.29) is 17.4 Å². The lowest BCUT2D eigenvalue weighted by molar-refractivity contribution is -0.719. The SMILES string of the molecule is CC[n+]1c(SCC(=O)NN=Cc2cc(I)cc(I)c2[O-])n[nH]c1-c1ccc(OC)cc1. The molecule has 1 heterocycles. The van der Waals surface area contributed by atoms with Crippen LogP contribution in [0.5, 0.6) is 11.5 Å². The third-order valence-electron chi connectivity index (χ3n) is 4.20. The fourth-order valence-corrected chi connectivity index (χ4v) is 5.40. The van der Waals surface area contributed by atoms with Gasteiger partial charge in [-0.1, -0.05) is 5.75 Å². The zero-order chi connectivity index (χ0) is 22.4. The Labute approximate surface area is 211 Å². The van der Waals surface area contributed by atoms with Crippen molar-refractivity contribution in [1.82, 2.24) is 15.6 Å². The molecule has 0 fully saturated rings.